The highest BCUT2D eigenvalue weighted by Gasteiger charge is 2.28. The first-order chi connectivity index (χ1) is 11.6. The summed E-state index contributed by atoms with van der Waals surface area (Å²) in [6.45, 7) is 0.588. The molecule has 7 nitrogen and oxygen atoms in total. The van der Waals surface area contributed by atoms with Crippen LogP contribution in [-0.4, -0.2) is 44.7 Å². The predicted molar refractivity (Wildman–Crippen MR) is 89.3 cm³/mol. The number of sulfone groups is 1. The maximum Gasteiger partial charge on any atom is 0.150 e. The van der Waals surface area contributed by atoms with Crippen LogP contribution < -0.4 is 0 Å². The van der Waals surface area contributed by atoms with Crippen LogP contribution in [0.4, 0.5) is 0 Å². The van der Waals surface area contributed by atoms with Crippen molar-refractivity contribution in [2.45, 2.75) is 13.0 Å². The molecule has 24 heavy (non-hydrogen) atoms. The third-order valence-electron chi connectivity index (χ3n) is 4.22. The second-order valence-corrected chi connectivity index (χ2v) is 8.32. The Labute approximate surface area is 139 Å². The lowest BCUT2D eigenvalue weighted by Crippen LogP contribution is -2.12. The van der Waals surface area contributed by atoms with Crippen molar-refractivity contribution in [3.8, 4) is 16.9 Å². The maximum atomic E-state index is 11.6. The Morgan fingerprint density at radius 2 is 2.17 bits per heavy atom. The molecule has 124 valence electrons. The Balaban J connectivity index is 1.54. The molecule has 0 radical (unpaired) electrons. The first kappa shape index (κ1) is 15.1. The Morgan fingerprint density at radius 1 is 1.25 bits per heavy atom. The molecule has 2 aromatic heterocycles. The summed E-state index contributed by atoms with van der Waals surface area (Å²) in [7, 11) is -2.86. The number of hydrogen-bond acceptors (Lipinski definition) is 5. The van der Waals surface area contributed by atoms with Crippen LogP contribution in [0.1, 0.15) is 6.42 Å². The second-order valence-electron chi connectivity index (χ2n) is 6.10. The Morgan fingerprint density at radius 3 is 2.92 bits per heavy atom. The summed E-state index contributed by atoms with van der Waals surface area (Å²) in [6, 6.07) is 9.78. The lowest BCUT2D eigenvalue weighted by molar-refractivity contribution is 0.448. The van der Waals surface area contributed by atoms with Gasteiger partial charge in [0.05, 0.1) is 23.4 Å². The van der Waals surface area contributed by atoms with Gasteiger partial charge in [-0.25, -0.2) is 13.1 Å². The molecule has 0 amide bonds. The zero-order valence-corrected chi connectivity index (χ0v) is 13.8. The smallest absolute Gasteiger partial charge is 0.150 e. The van der Waals surface area contributed by atoms with Crippen LogP contribution in [0.5, 0.6) is 0 Å². The van der Waals surface area contributed by atoms with E-state index in [4.69, 9.17) is 0 Å². The van der Waals surface area contributed by atoms with E-state index in [0.29, 0.717) is 13.0 Å². The number of rotatable bonds is 4. The van der Waals surface area contributed by atoms with E-state index in [0.717, 1.165) is 16.9 Å². The first-order valence-electron chi connectivity index (χ1n) is 7.80. The third kappa shape index (κ3) is 3.09. The minimum absolute atomic E-state index is 0.125. The van der Waals surface area contributed by atoms with Crippen molar-refractivity contribution in [1.29, 1.82) is 0 Å². The largest absolute Gasteiger partial charge is 0.252 e. The van der Waals surface area contributed by atoms with E-state index in [2.05, 4.69) is 15.4 Å². The van der Waals surface area contributed by atoms with Crippen LogP contribution in [0.2, 0.25) is 0 Å². The van der Waals surface area contributed by atoms with Gasteiger partial charge in [0.25, 0.3) is 0 Å². The van der Waals surface area contributed by atoms with E-state index < -0.39 is 9.84 Å². The van der Waals surface area contributed by atoms with Gasteiger partial charge < -0.3 is 0 Å². The molecule has 1 aromatic carbocycles. The number of benzene rings is 1. The normalized spacial score (nSPS) is 19.6. The lowest BCUT2D eigenvalue weighted by atomic mass is 10.1. The van der Waals surface area contributed by atoms with Crippen molar-refractivity contribution in [3.05, 3.63) is 48.9 Å². The van der Waals surface area contributed by atoms with Crippen LogP contribution in [0.15, 0.2) is 48.9 Å². The molecule has 1 saturated heterocycles. The summed E-state index contributed by atoms with van der Waals surface area (Å²) in [6.07, 6.45) is 6.19. The summed E-state index contributed by atoms with van der Waals surface area (Å²) in [5.74, 6) is 0.655. The van der Waals surface area contributed by atoms with E-state index >= 15 is 0 Å². The molecule has 0 unspecified atom stereocenters. The van der Waals surface area contributed by atoms with E-state index in [1.807, 2.05) is 42.7 Å². The van der Waals surface area contributed by atoms with Crippen molar-refractivity contribution in [1.82, 2.24) is 24.8 Å². The second kappa shape index (κ2) is 5.86. The molecule has 0 N–H and O–H groups in total. The quantitative estimate of drug-likeness (QED) is 0.718. The fraction of sp³-hybridized carbons (Fsp3) is 0.312. The molecule has 0 aliphatic carbocycles. The number of aromatic nitrogens is 5. The Hall–Kier alpha value is -2.48. The van der Waals surface area contributed by atoms with Gasteiger partial charge in [-0.15, -0.1) is 5.10 Å². The van der Waals surface area contributed by atoms with Gasteiger partial charge in [-0.2, -0.15) is 5.10 Å². The molecule has 3 aromatic rings. The van der Waals surface area contributed by atoms with Crippen molar-refractivity contribution < 1.29 is 8.42 Å². The minimum atomic E-state index is -2.86. The maximum absolute atomic E-state index is 11.6. The van der Waals surface area contributed by atoms with Crippen molar-refractivity contribution in [2.75, 3.05) is 11.5 Å². The molecule has 8 heteroatoms. The lowest BCUT2D eigenvalue weighted by Gasteiger charge is -2.06. The van der Waals surface area contributed by atoms with Crippen molar-refractivity contribution in [2.24, 2.45) is 5.92 Å². The van der Waals surface area contributed by atoms with Gasteiger partial charge in [-0.1, -0.05) is 17.3 Å². The van der Waals surface area contributed by atoms with Gasteiger partial charge in [-0.05, 0) is 30.5 Å². The van der Waals surface area contributed by atoms with Gasteiger partial charge in [0.15, 0.2) is 9.84 Å². The molecule has 1 aliphatic rings. The highest BCUT2D eigenvalue weighted by atomic mass is 32.2. The van der Waals surface area contributed by atoms with Gasteiger partial charge in [-0.3, -0.25) is 4.68 Å². The van der Waals surface area contributed by atoms with Gasteiger partial charge in [0.1, 0.15) is 5.69 Å². The third-order valence-corrected chi connectivity index (χ3v) is 6.06. The van der Waals surface area contributed by atoms with E-state index in [1.165, 1.54) is 0 Å². The summed E-state index contributed by atoms with van der Waals surface area (Å²) < 4.78 is 26.6. The monoisotopic (exact) mass is 343 g/mol. The first-order valence-corrected chi connectivity index (χ1v) is 9.62. The van der Waals surface area contributed by atoms with Crippen molar-refractivity contribution >= 4 is 9.84 Å². The Bertz CT molecular complexity index is 947. The Kier molecular flexibility index (Phi) is 3.68. The molecule has 1 fully saturated rings. The van der Waals surface area contributed by atoms with E-state index in [9.17, 15) is 8.42 Å². The zero-order chi connectivity index (χ0) is 16.6. The predicted octanol–water partition coefficient (Wildman–Crippen LogP) is 1.57. The molecule has 4 rings (SSSR count). The number of hydrogen-bond donors (Lipinski definition) is 0. The highest BCUT2D eigenvalue weighted by Crippen LogP contribution is 2.22. The van der Waals surface area contributed by atoms with Crippen LogP contribution in [0, 0.1) is 5.92 Å². The average molecular weight is 343 g/mol. The molecule has 0 saturated carbocycles. The fourth-order valence-electron chi connectivity index (χ4n) is 3.03. The van der Waals surface area contributed by atoms with Gasteiger partial charge >= 0.3 is 0 Å². The van der Waals surface area contributed by atoms with Crippen LogP contribution >= 0.6 is 0 Å². The van der Waals surface area contributed by atoms with Gasteiger partial charge in [0.2, 0.25) is 0 Å². The van der Waals surface area contributed by atoms with Crippen molar-refractivity contribution in [3.63, 3.8) is 0 Å². The number of nitrogens with zero attached hydrogens (tertiary/aromatic N) is 5. The molecular formula is C16H17N5O2S. The molecule has 1 aliphatic heterocycles. The topological polar surface area (TPSA) is 82.7 Å². The standard InChI is InChI=1S/C16H17N5O2S/c22-24(23)8-5-13(12-24)10-20-11-16(18-19-20)14-3-1-4-15(9-14)21-7-2-6-17-21/h1-4,6-7,9,11,13H,5,8,10,12H2/t13-/m0/s1. The van der Waals surface area contributed by atoms with Crippen LogP contribution in [0.25, 0.3) is 16.9 Å². The minimum Gasteiger partial charge on any atom is -0.252 e. The molecule has 1 atom stereocenters. The summed E-state index contributed by atoms with van der Waals surface area (Å²) in [5.41, 5.74) is 2.67. The van der Waals surface area contributed by atoms with E-state index in [-0.39, 0.29) is 17.4 Å². The highest BCUT2D eigenvalue weighted by molar-refractivity contribution is 7.91. The fourth-order valence-corrected chi connectivity index (χ4v) is 4.88. The zero-order valence-electron chi connectivity index (χ0n) is 13.0. The summed E-state index contributed by atoms with van der Waals surface area (Å²) in [4.78, 5) is 0. The average Bonchev–Trinajstić information content (AvgIpc) is 3.29. The summed E-state index contributed by atoms with van der Waals surface area (Å²) >= 11 is 0. The van der Waals surface area contributed by atoms with E-state index in [1.54, 1.807) is 15.6 Å². The molecule has 0 bridgehead atoms. The molecule has 3 heterocycles. The van der Waals surface area contributed by atoms with Crippen LogP contribution in [0.3, 0.4) is 0 Å². The van der Waals surface area contributed by atoms with Crippen LogP contribution in [-0.2, 0) is 16.4 Å². The molecule has 0 spiro atoms. The molecular weight excluding hydrogens is 326 g/mol. The SMILES string of the molecule is O=S1(=O)CC[C@@H](Cn2cc(-c3cccc(-n4cccn4)c3)nn2)C1. The summed E-state index contributed by atoms with van der Waals surface area (Å²) in [5, 5.41) is 12.6. The van der Waals surface area contributed by atoms with Gasteiger partial charge in [0, 0.05) is 24.5 Å².